The van der Waals surface area contributed by atoms with Crippen LogP contribution >= 0.6 is 0 Å². The quantitative estimate of drug-likeness (QED) is 0.532. The van der Waals surface area contributed by atoms with Gasteiger partial charge < -0.3 is 11.1 Å². The lowest BCUT2D eigenvalue weighted by molar-refractivity contribution is 0.725. The first-order chi connectivity index (χ1) is 3.91. The number of likely N-dealkylation sites (N-methyl/N-ethyl adjacent to an activating group) is 1. The molecule has 0 aromatic carbocycles. The molecule has 3 N–H and O–H groups in total. The minimum Gasteiger partial charge on any atom is -0.329 e. The van der Waals surface area contributed by atoms with E-state index in [9.17, 15) is 0 Å². The van der Waals surface area contributed by atoms with E-state index in [1.54, 1.807) is 0 Å². The molecule has 0 heterocycles. The van der Waals surface area contributed by atoms with Gasteiger partial charge in [-0.1, -0.05) is 20.8 Å². The van der Waals surface area contributed by atoms with E-state index in [-0.39, 0.29) is 0 Å². The predicted octanol–water partition coefficient (Wildman–Crippen LogP) is 0.581. The fourth-order valence-electron chi connectivity index (χ4n) is 0.279. The van der Waals surface area contributed by atoms with Crippen LogP contribution in [0.15, 0.2) is 0 Å². The second-order valence-electron chi connectivity index (χ2n) is 1.14. The Labute approximate surface area is 52.5 Å². The van der Waals surface area contributed by atoms with Crippen molar-refractivity contribution in [2.24, 2.45) is 5.73 Å². The van der Waals surface area contributed by atoms with Gasteiger partial charge in [0.15, 0.2) is 0 Å². The van der Waals surface area contributed by atoms with Gasteiger partial charge in [-0.25, -0.2) is 0 Å². The van der Waals surface area contributed by atoms with Crippen LogP contribution in [0.2, 0.25) is 0 Å². The summed E-state index contributed by atoms with van der Waals surface area (Å²) in [5.74, 6) is 0. The fraction of sp³-hybridized carbons (Fsp3) is 1.00. The third kappa shape index (κ3) is 16.8. The second-order valence-corrected chi connectivity index (χ2v) is 1.14. The normalized spacial score (nSPS) is 7.50. The molecule has 0 atom stereocenters. The van der Waals surface area contributed by atoms with E-state index in [0.717, 1.165) is 19.6 Å². The van der Waals surface area contributed by atoms with Crippen LogP contribution in [-0.4, -0.2) is 19.6 Å². The van der Waals surface area contributed by atoms with Crippen LogP contribution in [0, 0.1) is 0 Å². The van der Waals surface area contributed by atoms with Crippen molar-refractivity contribution in [1.29, 1.82) is 0 Å². The van der Waals surface area contributed by atoms with Gasteiger partial charge in [-0.3, -0.25) is 0 Å². The largest absolute Gasteiger partial charge is 0.329 e. The smallest absolute Gasteiger partial charge is 0.00743 e. The summed E-state index contributed by atoms with van der Waals surface area (Å²) in [5.41, 5.74) is 5.15. The van der Waals surface area contributed by atoms with Crippen LogP contribution in [0.25, 0.3) is 0 Å². The molecule has 0 unspecified atom stereocenters. The number of hydrogen-bond acceptors (Lipinski definition) is 2. The van der Waals surface area contributed by atoms with Crippen molar-refractivity contribution in [2.75, 3.05) is 19.6 Å². The standard InChI is InChI=1S/C4H12N2.C2H6/c1-2-6-4-3-5;1-2/h6H,2-5H2,1H3;1-2H3. The van der Waals surface area contributed by atoms with Gasteiger partial charge in [0.25, 0.3) is 0 Å². The number of nitrogens with one attached hydrogen (secondary N) is 1. The predicted molar refractivity (Wildman–Crippen MR) is 38.9 cm³/mol. The molecule has 0 fully saturated rings. The SMILES string of the molecule is CC.CCNCCN. The zero-order valence-corrected chi connectivity index (χ0v) is 6.20. The highest BCUT2D eigenvalue weighted by Gasteiger charge is 1.71. The zero-order valence-electron chi connectivity index (χ0n) is 6.20. The Morgan fingerprint density at radius 3 is 2.00 bits per heavy atom. The van der Waals surface area contributed by atoms with Gasteiger partial charge in [-0.15, -0.1) is 0 Å². The molecule has 0 aliphatic rings. The van der Waals surface area contributed by atoms with Crippen LogP contribution in [0.4, 0.5) is 0 Å². The molecule has 0 radical (unpaired) electrons. The van der Waals surface area contributed by atoms with Crippen molar-refractivity contribution in [3.63, 3.8) is 0 Å². The van der Waals surface area contributed by atoms with Gasteiger partial charge in [0.2, 0.25) is 0 Å². The van der Waals surface area contributed by atoms with E-state index in [4.69, 9.17) is 5.73 Å². The summed E-state index contributed by atoms with van der Waals surface area (Å²) >= 11 is 0. The maximum Gasteiger partial charge on any atom is 0.00743 e. The van der Waals surface area contributed by atoms with Gasteiger partial charge in [0.05, 0.1) is 0 Å². The maximum atomic E-state index is 5.15. The number of rotatable bonds is 3. The van der Waals surface area contributed by atoms with Crippen LogP contribution in [0.5, 0.6) is 0 Å². The van der Waals surface area contributed by atoms with E-state index in [2.05, 4.69) is 12.2 Å². The van der Waals surface area contributed by atoms with Crippen molar-refractivity contribution in [3.05, 3.63) is 0 Å². The lowest BCUT2D eigenvalue weighted by atomic mass is 10.6. The summed E-state index contributed by atoms with van der Waals surface area (Å²) in [6.45, 7) is 8.78. The highest BCUT2D eigenvalue weighted by Crippen LogP contribution is 1.48. The second kappa shape index (κ2) is 15.8. The van der Waals surface area contributed by atoms with Gasteiger partial charge in [0, 0.05) is 13.1 Å². The molecule has 0 amide bonds. The number of hydrogen-bond donors (Lipinski definition) is 2. The maximum absolute atomic E-state index is 5.15. The van der Waals surface area contributed by atoms with Crippen LogP contribution in [0.3, 0.4) is 0 Å². The molecule has 2 nitrogen and oxygen atoms in total. The molecular weight excluding hydrogens is 100 g/mol. The Kier molecular flexibility index (Phi) is 21.3. The third-order valence-corrected chi connectivity index (χ3v) is 0.571. The van der Waals surface area contributed by atoms with Crippen molar-refractivity contribution >= 4 is 0 Å². The Morgan fingerprint density at radius 1 is 1.38 bits per heavy atom. The van der Waals surface area contributed by atoms with Gasteiger partial charge in [-0.2, -0.15) is 0 Å². The monoisotopic (exact) mass is 118 g/mol. The summed E-state index contributed by atoms with van der Waals surface area (Å²) < 4.78 is 0. The Bertz CT molecular complexity index is 18.5. The first-order valence-electron chi connectivity index (χ1n) is 3.32. The molecule has 0 aliphatic carbocycles. The van der Waals surface area contributed by atoms with Crippen LogP contribution in [-0.2, 0) is 0 Å². The van der Waals surface area contributed by atoms with Gasteiger partial charge >= 0.3 is 0 Å². The first kappa shape index (κ1) is 10.8. The minimum absolute atomic E-state index is 0.744. The van der Waals surface area contributed by atoms with E-state index in [1.165, 1.54) is 0 Å². The van der Waals surface area contributed by atoms with E-state index >= 15 is 0 Å². The van der Waals surface area contributed by atoms with E-state index in [0.29, 0.717) is 0 Å². The molecule has 0 saturated carbocycles. The van der Waals surface area contributed by atoms with Gasteiger partial charge in [-0.05, 0) is 6.54 Å². The zero-order chi connectivity index (χ0) is 6.83. The topological polar surface area (TPSA) is 38.0 Å². The molecule has 8 heavy (non-hydrogen) atoms. The summed E-state index contributed by atoms with van der Waals surface area (Å²) in [6, 6.07) is 0. The molecule has 0 saturated heterocycles. The molecule has 0 aromatic rings. The minimum atomic E-state index is 0.744. The van der Waals surface area contributed by atoms with E-state index < -0.39 is 0 Å². The third-order valence-electron chi connectivity index (χ3n) is 0.571. The Morgan fingerprint density at radius 2 is 1.88 bits per heavy atom. The van der Waals surface area contributed by atoms with E-state index in [1.807, 2.05) is 13.8 Å². The van der Waals surface area contributed by atoms with Crippen molar-refractivity contribution in [2.45, 2.75) is 20.8 Å². The average Bonchev–Trinajstić information content (AvgIpc) is 1.88. The number of nitrogens with two attached hydrogens (primary N) is 1. The summed E-state index contributed by atoms with van der Waals surface area (Å²) in [4.78, 5) is 0. The van der Waals surface area contributed by atoms with Crippen LogP contribution in [0.1, 0.15) is 20.8 Å². The molecule has 0 aromatic heterocycles. The highest BCUT2D eigenvalue weighted by molar-refractivity contribution is 4.39. The summed E-state index contributed by atoms with van der Waals surface area (Å²) in [5, 5.41) is 3.07. The Hall–Kier alpha value is -0.0800. The summed E-state index contributed by atoms with van der Waals surface area (Å²) in [6.07, 6.45) is 0. The van der Waals surface area contributed by atoms with Crippen molar-refractivity contribution < 1.29 is 0 Å². The van der Waals surface area contributed by atoms with Crippen molar-refractivity contribution in [1.82, 2.24) is 5.32 Å². The Balaban J connectivity index is 0. The van der Waals surface area contributed by atoms with Crippen molar-refractivity contribution in [3.8, 4) is 0 Å². The summed E-state index contributed by atoms with van der Waals surface area (Å²) in [7, 11) is 0. The lowest BCUT2D eigenvalue weighted by Gasteiger charge is -1.92. The first-order valence-corrected chi connectivity index (χ1v) is 3.32. The highest BCUT2D eigenvalue weighted by atomic mass is 14.9. The lowest BCUT2D eigenvalue weighted by Crippen LogP contribution is -2.21. The molecule has 0 aliphatic heterocycles. The molecule has 52 valence electrons. The molecular formula is C6H18N2. The average molecular weight is 118 g/mol. The fourth-order valence-corrected chi connectivity index (χ4v) is 0.279. The molecule has 0 bridgehead atoms. The van der Waals surface area contributed by atoms with Gasteiger partial charge in [0.1, 0.15) is 0 Å². The molecule has 0 spiro atoms. The van der Waals surface area contributed by atoms with Crippen LogP contribution < -0.4 is 11.1 Å². The molecule has 0 rings (SSSR count). The molecule has 2 heteroatoms.